The average Bonchev–Trinajstić information content (AvgIpc) is 2.54. The minimum Gasteiger partial charge on any atom is -0.369 e. The van der Waals surface area contributed by atoms with Crippen LogP contribution in [0.15, 0.2) is 22.3 Å². The van der Waals surface area contributed by atoms with Crippen molar-refractivity contribution in [1.82, 2.24) is 0 Å². The summed E-state index contributed by atoms with van der Waals surface area (Å²) < 4.78 is 5.13. The van der Waals surface area contributed by atoms with Crippen LogP contribution in [0.4, 0.5) is 0 Å². The average molecular weight is 220 g/mol. The van der Waals surface area contributed by atoms with E-state index in [9.17, 15) is 9.59 Å². The standard InChI is InChI=1S/C13H16O3/c1-8-3-4-12(14)10(8)5-11-9(2)6-16-7-13(11)15/h3-7H2,1-2H3. The molecule has 0 radical (unpaired) electrons. The predicted octanol–water partition coefficient (Wildman–Crippen LogP) is 1.97. The van der Waals surface area contributed by atoms with Gasteiger partial charge >= 0.3 is 0 Å². The molecule has 0 N–H and O–H groups in total. The normalized spacial score (nSPS) is 22.4. The van der Waals surface area contributed by atoms with Gasteiger partial charge in [0.1, 0.15) is 6.61 Å². The number of rotatable bonds is 2. The van der Waals surface area contributed by atoms with Crippen LogP contribution in [-0.2, 0) is 14.3 Å². The number of carbonyl (C=O) groups is 2. The highest BCUT2D eigenvalue weighted by Crippen LogP contribution is 2.29. The third-order valence-corrected chi connectivity index (χ3v) is 3.34. The van der Waals surface area contributed by atoms with E-state index in [1.165, 1.54) is 0 Å². The zero-order chi connectivity index (χ0) is 11.7. The van der Waals surface area contributed by atoms with Gasteiger partial charge in [0.25, 0.3) is 0 Å². The van der Waals surface area contributed by atoms with Crippen molar-refractivity contribution in [2.24, 2.45) is 0 Å². The SMILES string of the molecule is CC1=C(CC2=C(C)COCC2=O)C(=O)CC1. The van der Waals surface area contributed by atoms with Crippen LogP contribution in [0.2, 0.25) is 0 Å². The summed E-state index contributed by atoms with van der Waals surface area (Å²) in [5.41, 5.74) is 3.75. The van der Waals surface area contributed by atoms with Gasteiger partial charge in [-0.15, -0.1) is 0 Å². The Labute approximate surface area is 95.2 Å². The number of Topliss-reactive ketones (excluding diaryl/α,β-unsaturated/α-hetero) is 2. The molecule has 0 saturated heterocycles. The van der Waals surface area contributed by atoms with Crippen molar-refractivity contribution in [2.45, 2.75) is 33.1 Å². The minimum absolute atomic E-state index is 0.0312. The lowest BCUT2D eigenvalue weighted by Gasteiger charge is -2.17. The summed E-state index contributed by atoms with van der Waals surface area (Å²) in [6.07, 6.45) is 1.97. The quantitative estimate of drug-likeness (QED) is 0.714. The first-order valence-corrected chi connectivity index (χ1v) is 5.61. The number of hydrogen-bond donors (Lipinski definition) is 0. The van der Waals surface area contributed by atoms with Crippen LogP contribution in [0, 0.1) is 0 Å². The molecular formula is C13H16O3. The van der Waals surface area contributed by atoms with Crippen molar-refractivity contribution >= 4 is 11.6 Å². The summed E-state index contributed by atoms with van der Waals surface area (Å²) in [7, 11) is 0. The molecule has 0 saturated carbocycles. The fourth-order valence-electron chi connectivity index (χ4n) is 2.23. The summed E-state index contributed by atoms with van der Waals surface area (Å²) in [5.74, 6) is 0.237. The Kier molecular flexibility index (Phi) is 3.06. The lowest BCUT2D eigenvalue weighted by atomic mass is 9.94. The molecule has 0 unspecified atom stereocenters. The second-order valence-corrected chi connectivity index (χ2v) is 4.53. The smallest absolute Gasteiger partial charge is 0.184 e. The monoisotopic (exact) mass is 220 g/mol. The molecule has 16 heavy (non-hydrogen) atoms. The van der Waals surface area contributed by atoms with E-state index in [4.69, 9.17) is 4.74 Å². The van der Waals surface area contributed by atoms with Gasteiger partial charge in [0, 0.05) is 18.4 Å². The van der Waals surface area contributed by atoms with Crippen molar-refractivity contribution in [2.75, 3.05) is 13.2 Å². The van der Waals surface area contributed by atoms with Crippen molar-refractivity contribution in [3.63, 3.8) is 0 Å². The molecular weight excluding hydrogens is 204 g/mol. The second-order valence-electron chi connectivity index (χ2n) is 4.53. The summed E-state index contributed by atoms with van der Waals surface area (Å²) >= 11 is 0. The van der Waals surface area contributed by atoms with E-state index in [0.29, 0.717) is 19.4 Å². The van der Waals surface area contributed by atoms with Crippen molar-refractivity contribution in [3.05, 3.63) is 22.3 Å². The third-order valence-electron chi connectivity index (χ3n) is 3.34. The maximum Gasteiger partial charge on any atom is 0.184 e. The van der Waals surface area contributed by atoms with Gasteiger partial charge < -0.3 is 4.74 Å². The van der Waals surface area contributed by atoms with E-state index >= 15 is 0 Å². The molecule has 0 aromatic rings. The number of ether oxygens (including phenoxy) is 1. The van der Waals surface area contributed by atoms with Crippen LogP contribution in [0.25, 0.3) is 0 Å². The van der Waals surface area contributed by atoms with Gasteiger partial charge in [-0.25, -0.2) is 0 Å². The molecule has 0 spiro atoms. The molecule has 2 aliphatic rings. The van der Waals surface area contributed by atoms with Gasteiger partial charge in [0.2, 0.25) is 0 Å². The van der Waals surface area contributed by atoms with Crippen molar-refractivity contribution in [3.8, 4) is 0 Å². The maximum absolute atomic E-state index is 11.7. The first-order valence-electron chi connectivity index (χ1n) is 5.61. The number of allylic oxidation sites excluding steroid dienone is 2. The van der Waals surface area contributed by atoms with Gasteiger partial charge in [-0.2, -0.15) is 0 Å². The number of ketones is 2. The highest BCUT2D eigenvalue weighted by atomic mass is 16.5. The van der Waals surface area contributed by atoms with Crippen LogP contribution in [-0.4, -0.2) is 24.8 Å². The first-order chi connectivity index (χ1) is 7.59. The van der Waals surface area contributed by atoms with Crippen molar-refractivity contribution in [1.29, 1.82) is 0 Å². The molecule has 0 aromatic carbocycles. The van der Waals surface area contributed by atoms with Crippen LogP contribution < -0.4 is 0 Å². The summed E-state index contributed by atoms with van der Waals surface area (Å²) in [6, 6.07) is 0. The fraction of sp³-hybridized carbons (Fsp3) is 0.538. The van der Waals surface area contributed by atoms with Gasteiger partial charge in [-0.1, -0.05) is 5.57 Å². The molecule has 0 atom stereocenters. The number of carbonyl (C=O) groups excluding carboxylic acids is 2. The van der Waals surface area contributed by atoms with Crippen LogP contribution in [0.5, 0.6) is 0 Å². The molecule has 1 heterocycles. The van der Waals surface area contributed by atoms with Crippen LogP contribution in [0.3, 0.4) is 0 Å². The molecule has 3 nitrogen and oxygen atoms in total. The van der Waals surface area contributed by atoms with E-state index in [2.05, 4.69) is 0 Å². The van der Waals surface area contributed by atoms with E-state index in [0.717, 1.165) is 28.7 Å². The summed E-state index contributed by atoms with van der Waals surface area (Å²) in [6.45, 7) is 4.57. The maximum atomic E-state index is 11.7. The zero-order valence-electron chi connectivity index (χ0n) is 9.76. The third kappa shape index (κ3) is 2.00. The van der Waals surface area contributed by atoms with Gasteiger partial charge in [0.15, 0.2) is 11.6 Å². The Morgan fingerprint density at radius 3 is 2.19 bits per heavy atom. The highest BCUT2D eigenvalue weighted by Gasteiger charge is 2.25. The Hall–Kier alpha value is -1.22. The molecule has 1 aliphatic carbocycles. The second kappa shape index (κ2) is 4.34. The largest absolute Gasteiger partial charge is 0.369 e. The molecule has 0 aromatic heterocycles. The van der Waals surface area contributed by atoms with E-state index in [-0.39, 0.29) is 18.2 Å². The molecule has 0 bridgehead atoms. The Bertz CT molecular complexity index is 413. The summed E-state index contributed by atoms with van der Waals surface area (Å²) in [4.78, 5) is 23.3. The zero-order valence-corrected chi connectivity index (χ0v) is 9.76. The van der Waals surface area contributed by atoms with Crippen LogP contribution in [0.1, 0.15) is 33.1 Å². The van der Waals surface area contributed by atoms with Gasteiger partial charge in [-0.05, 0) is 31.4 Å². The molecule has 86 valence electrons. The molecule has 1 aliphatic heterocycles. The van der Waals surface area contributed by atoms with E-state index < -0.39 is 0 Å². The minimum atomic E-state index is 0.0312. The Balaban J connectivity index is 2.24. The molecule has 3 heteroatoms. The Morgan fingerprint density at radius 2 is 1.62 bits per heavy atom. The van der Waals surface area contributed by atoms with E-state index in [1.807, 2.05) is 13.8 Å². The topological polar surface area (TPSA) is 43.4 Å². The number of hydrogen-bond acceptors (Lipinski definition) is 3. The highest BCUT2D eigenvalue weighted by molar-refractivity contribution is 6.03. The van der Waals surface area contributed by atoms with Gasteiger partial charge in [-0.3, -0.25) is 9.59 Å². The van der Waals surface area contributed by atoms with Crippen molar-refractivity contribution < 1.29 is 14.3 Å². The fourth-order valence-corrected chi connectivity index (χ4v) is 2.23. The molecule has 0 amide bonds. The van der Waals surface area contributed by atoms with E-state index in [1.54, 1.807) is 0 Å². The Morgan fingerprint density at radius 1 is 0.938 bits per heavy atom. The molecule has 2 rings (SSSR count). The van der Waals surface area contributed by atoms with Crippen LogP contribution >= 0.6 is 0 Å². The lowest BCUT2D eigenvalue weighted by Crippen LogP contribution is -2.21. The predicted molar refractivity (Wildman–Crippen MR) is 60.1 cm³/mol. The lowest BCUT2D eigenvalue weighted by molar-refractivity contribution is -0.120. The van der Waals surface area contributed by atoms with Gasteiger partial charge in [0.05, 0.1) is 6.61 Å². The summed E-state index contributed by atoms with van der Waals surface area (Å²) in [5, 5.41) is 0. The molecule has 0 fully saturated rings. The first kappa shape index (κ1) is 11.3.